The van der Waals surface area contributed by atoms with Crippen molar-refractivity contribution in [3.63, 3.8) is 0 Å². The second kappa shape index (κ2) is 13.9. The molecule has 0 spiro atoms. The van der Waals surface area contributed by atoms with Crippen molar-refractivity contribution in [2.24, 2.45) is 0 Å². The van der Waals surface area contributed by atoms with Crippen LogP contribution in [0.4, 0.5) is 0 Å². The Balaban J connectivity index is 2.25. The van der Waals surface area contributed by atoms with Gasteiger partial charge < -0.3 is 14.6 Å². The molecule has 0 saturated carbocycles. The van der Waals surface area contributed by atoms with E-state index in [0.29, 0.717) is 18.6 Å². The first-order chi connectivity index (χ1) is 15.1. The Morgan fingerprint density at radius 1 is 0.903 bits per heavy atom. The highest BCUT2D eigenvalue weighted by Crippen LogP contribution is 2.37. The van der Waals surface area contributed by atoms with E-state index in [9.17, 15) is 9.90 Å². The van der Waals surface area contributed by atoms with Gasteiger partial charge in [0.2, 0.25) is 0 Å². The fourth-order valence-corrected chi connectivity index (χ4v) is 4.07. The lowest BCUT2D eigenvalue weighted by Crippen LogP contribution is -2.09. The zero-order valence-corrected chi connectivity index (χ0v) is 19.4. The van der Waals surface area contributed by atoms with Crippen molar-refractivity contribution in [3.05, 3.63) is 53.1 Å². The topological polar surface area (TPSA) is 55.8 Å². The van der Waals surface area contributed by atoms with Crippen molar-refractivity contribution >= 4 is 5.97 Å². The molecule has 0 heterocycles. The summed E-state index contributed by atoms with van der Waals surface area (Å²) in [6.45, 7) is 2.80. The van der Waals surface area contributed by atoms with E-state index in [1.165, 1.54) is 45.6 Å². The molecule has 0 aliphatic carbocycles. The van der Waals surface area contributed by atoms with Crippen LogP contribution >= 0.6 is 0 Å². The van der Waals surface area contributed by atoms with Crippen LogP contribution in [0, 0.1) is 0 Å². The van der Waals surface area contributed by atoms with Crippen LogP contribution in [0.3, 0.4) is 0 Å². The van der Waals surface area contributed by atoms with Gasteiger partial charge >= 0.3 is 5.97 Å². The first-order valence-corrected chi connectivity index (χ1v) is 11.6. The minimum Gasteiger partial charge on any atom is -0.507 e. The number of unbranched alkanes of at least 4 members (excludes halogenated alkanes) is 7. The maximum absolute atomic E-state index is 12.6. The van der Waals surface area contributed by atoms with Gasteiger partial charge in [-0.05, 0) is 42.0 Å². The highest BCUT2D eigenvalue weighted by atomic mass is 16.5. The Morgan fingerprint density at radius 2 is 1.55 bits per heavy atom. The quantitative estimate of drug-likeness (QED) is 0.269. The van der Waals surface area contributed by atoms with Gasteiger partial charge in [-0.15, -0.1) is 0 Å². The van der Waals surface area contributed by atoms with Gasteiger partial charge in [0.25, 0.3) is 0 Å². The fraction of sp³-hybridized carbons (Fsp3) is 0.519. The minimum absolute atomic E-state index is 0.0576. The van der Waals surface area contributed by atoms with Gasteiger partial charge in [0.1, 0.15) is 11.3 Å². The summed E-state index contributed by atoms with van der Waals surface area (Å²) >= 11 is 0. The first kappa shape index (κ1) is 24.9. The van der Waals surface area contributed by atoms with Gasteiger partial charge in [0, 0.05) is 12.7 Å². The summed E-state index contributed by atoms with van der Waals surface area (Å²) in [5.41, 5.74) is 3.73. The van der Waals surface area contributed by atoms with Crippen LogP contribution in [0.5, 0.6) is 5.75 Å². The lowest BCUT2D eigenvalue weighted by molar-refractivity contribution is 0.0598. The maximum Gasteiger partial charge on any atom is 0.342 e. The lowest BCUT2D eigenvalue weighted by atomic mass is 9.89. The van der Waals surface area contributed by atoms with Gasteiger partial charge in [-0.1, -0.05) is 82.2 Å². The summed E-state index contributed by atoms with van der Waals surface area (Å²) in [4.78, 5) is 12.6. The molecule has 0 radical (unpaired) electrons. The molecule has 0 saturated heterocycles. The number of methoxy groups -OCH3 is 2. The molecule has 0 atom stereocenters. The zero-order valence-electron chi connectivity index (χ0n) is 19.4. The molecule has 170 valence electrons. The minimum atomic E-state index is -0.508. The van der Waals surface area contributed by atoms with Crippen LogP contribution in [0.15, 0.2) is 36.4 Å². The monoisotopic (exact) mass is 426 g/mol. The molecule has 2 aromatic carbocycles. The second-order valence-corrected chi connectivity index (χ2v) is 8.11. The van der Waals surface area contributed by atoms with Crippen molar-refractivity contribution in [1.29, 1.82) is 0 Å². The van der Waals surface area contributed by atoms with Gasteiger partial charge in [-0.2, -0.15) is 0 Å². The standard InChI is InChI=1S/C27H38O4/c1-4-5-6-7-8-9-10-14-17-23-22(18-19-30-2)20-24(21-15-12-11-13-16-21)25(26(23)28)27(29)31-3/h11-13,15-16,20,28H,4-10,14,17-19H2,1-3H3. The molecule has 1 N–H and O–H groups in total. The maximum atomic E-state index is 12.6. The molecule has 0 aliphatic rings. The normalized spacial score (nSPS) is 10.9. The van der Waals surface area contributed by atoms with E-state index in [-0.39, 0.29) is 11.3 Å². The molecule has 0 bridgehead atoms. The van der Waals surface area contributed by atoms with Crippen molar-refractivity contribution in [3.8, 4) is 16.9 Å². The number of aromatic hydroxyl groups is 1. The van der Waals surface area contributed by atoms with E-state index in [4.69, 9.17) is 9.47 Å². The average Bonchev–Trinajstić information content (AvgIpc) is 2.80. The summed E-state index contributed by atoms with van der Waals surface area (Å²) < 4.78 is 10.3. The number of ether oxygens (including phenoxy) is 2. The highest BCUT2D eigenvalue weighted by Gasteiger charge is 2.24. The van der Waals surface area contributed by atoms with E-state index in [1.807, 2.05) is 36.4 Å². The lowest BCUT2D eigenvalue weighted by Gasteiger charge is -2.18. The Bertz CT molecular complexity index is 799. The second-order valence-electron chi connectivity index (χ2n) is 8.11. The molecule has 2 aromatic rings. The largest absolute Gasteiger partial charge is 0.507 e. The summed E-state index contributed by atoms with van der Waals surface area (Å²) in [6, 6.07) is 11.7. The molecule has 31 heavy (non-hydrogen) atoms. The molecule has 2 rings (SSSR count). The van der Waals surface area contributed by atoms with Crippen LogP contribution < -0.4 is 0 Å². The van der Waals surface area contributed by atoms with Crippen molar-refractivity contribution in [2.45, 2.75) is 71.1 Å². The van der Waals surface area contributed by atoms with E-state index >= 15 is 0 Å². The van der Waals surface area contributed by atoms with E-state index in [1.54, 1.807) is 7.11 Å². The van der Waals surface area contributed by atoms with Crippen molar-refractivity contribution in [1.82, 2.24) is 0 Å². The Kier molecular flexibility index (Phi) is 11.2. The van der Waals surface area contributed by atoms with Crippen molar-refractivity contribution in [2.75, 3.05) is 20.8 Å². The molecule has 0 fully saturated rings. The predicted octanol–water partition coefficient (Wildman–Crippen LogP) is 6.72. The number of carbonyl (C=O) groups excluding carboxylic acids is 1. The molecule has 0 aromatic heterocycles. The third-order valence-corrected chi connectivity index (χ3v) is 5.83. The number of phenols is 1. The summed E-state index contributed by atoms with van der Waals surface area (Å²) in [7, 11) is 3.03. The van der Waals surface area contributed by atoms with Crippen LogP contribution in [-0.2, 0) is 22.3 Å². The Morgan fingerprint density at radius 3 is 2.16 bits per heavy atom. The zero-order chi connectivity index (χ0) is 22.5. The first-order valence-electron chi connectivity index (χ1n) is 11.6. The van der Waals surface area contributed by atoms with Crippen LogP contribution in [0.1, 0.15) is 79.8 Å². The SMILES string of the molecule is CCCCCCCCCCc1c(CCOC)cc(-c2ccccc2)c(C(=O)OC)c1O. The van der Waals surface area contributed by atoms with Crippen LogP contribution in [0.2, 0.25) is 0 Å². The van der Waals surface area contributed by atoms with Gasteiger partial charge in [0.15, 0.2) is 0 Å². The predicted molar refractivity (Wildman–Crippen MR) is 127 cm³/mol. The number of phenolic OH excluding ortho intramolecular Hbond substituents is 1. The van der Waals surface area contributed by atoms with Gasteiger partial charge in [-0.25, -0.2) is 4.79 Å². The number of carbonyl (C=O) groups is 1. The number of hydrogen-bond acceptors (Lipinski definition) is 4. The van der Waals surface area contributed by atoms with E-state index in [0.717, 1.165) is 36.0 Å². The smallest absolute Gasteiger partial charge is 0.342 e. The Labute approximate surface area is 187 Å². The number of benzene rings is 2. The summed E-state index contributed by atoms with van der Waals surface area (Å²) in [5, 5.41) is 11.2. The third kappa shape index (κ3) is 7.39. The molecule has 0 unspecified atom stereocenters. The number of esters is 1. The molecular weight excluding hydrogens is 388 g/mol. The fourth-order valence-electron chi connectivity index (χ4n) is 4.07. The molecule has 0 amide bonds. The molecule has 4 nitrogen and oxygen atoms in total. The summed E-state index contributed by atoms with van der Waals surface area (Å²) in [5.74, 6) is -0.450. The van der Waals surface area contributed by atoms with Crippen LogP contribution in [0.25, 0.3) is 11.1 Å². The number of hydrogen-bond donors (Lipinski definition) is 1. The molecule has 0 aliphatic heterocycles. The average molecular weight is 427 g/mol. The highest BCUT2D eigenvalue weighted by molar-refractivity contribution is 6.00. The third-order valence-electron chi connectivity index (χ3n) is 5.83. The molecule has 4 heteroatoms. The van der Waals surface area contributed by atoms with E-state index in [2.05, 4.69) is 6.92 Å². The van der Waals surface area contributed by atoms with Gasteiger partial charge in [0.05, 0.1) is 13.7 Å². The Hall–Kier alpha value is -2.33. The van der Waals surface area contributed by atoms with E-state index < -0.39 is 5.97 Å². The van der Waals surface area contributed by atoms with Crippen LogP contribution in [-0.4, -0.2) is 31.9 Å². The summed E-state index contributed by atoms with van der Waals surface area (Å²) in [6.07, 6.45) is 11.3. The van der Waals surface area contributed by atoms with Crippen molar-refractivity contribution < 1.29 is 19.4 Å². The van der Waals surface area contributed by atoms with Gasteiger partial charge in [-0.3, -0.25) is 0 Å². The molecular formula is C27H38O4. The number of rotatable bonds is 14.